The normalized spacial score (nSPS) is 18.9. The first-order valence-corrected chi connectivity index (χ1v) is 6.11. The Labute approximate surface area is 115 Å². The summed E-state index contributed by atoms with van der Waals surface area (Å²) in [5.41, 5.74) is 10.0. The molecule has 0 bridgehead atoms. The van der Waals surface area contributed by atoms with E-state index in [1.807, 2.05) is 0 Å². The molecule has 0 saturated heterocycles. The van der Waals surface area contributed by atoms with Gasteiger partial charge in [0.2, 0.25) is 11.8 Å². The third-order valence-corrected chi connectivity index (χ3v) is 2.99. The summed E-state index contributed by atoms with van der Waals surface area (Å²) in [4.78, 5) is 21.8. The van der Waals surface area contributed by atoms with Crippen molar-refractivity contribution in [2.45, 2.75) is 43.7 Å². The molecule has 0 aliphatic rings. The molecule has 9 N–H and O–H groups in total. The van der Waals surface area contributed by atoms with Gasteiger partial charge in [-0.2, -0.15) is 0 Å². The molecule has 0 fully saturated rings. The molecular formula is C11H22N2O7. The van der Waals surface area contributed by atoms with E-state index < -0.39 is 48.8 Å². The molecule has 0 aliphatic heterocycles. The minimum Gasteiger partial charge on any atom is -0.394 e. The number of hydrogen-bond acceptors (Lipinski definition) is 7. The summed E-state index contributed by atoms with van der Waals surface area (Å²) in [5, 5.41) is 46.5. The summed E-state index contributed by atoms with van der Waals surface area (Å²) < 4.78 is 0. The maximum Gasteiger partial charge on any atom is 0.220 e. The lowest BCUT2D eigenvalue weighted by atomic mass is 9.91. The minimum atomic E-state index is -1.78. The summed E-state index contributed by atoms with van der Waals surface area (Å²) in [5.74, 6) is -2.33. The van der Waals surface area contributed by atoms with Crippen molar-refractivity contribution in [3.8, 4) is 0 Å². The maximum absolute atomic E-state index is 11.2. The molecule has 0 spiro atoms. The highest BCUT2D eigenvalue weighted by Crippen LogP contribution is 2.17. The molecule has 0 rings (SSSR count). The van der Waals surface area contributed by atoms with E-state index in [2.05, 4.69) is 0 Å². The molecule has 0 aliphatic carbocycles. The van der Waals surface area contributed by atoms with E-state index in [9.17, 15) is 24.9 Å². The average Bonchev–Trinajstić information content (AvgIpc) is 2.39. The molecule has 1 unspecified atom stereocenters. The zero-order valence-electron chi connectivity index (χ0n) is 10.9. The summed E-state index contributed by atoms with van der Waals surface area (Å²) in [7, 11) is 0. The van der Waals surface area contributed by atoms with Crippen LogP contribution in [0.3, 0.4) is 0 Å². The molecule has 5 atom stereocenters. The van der Waals surface area contributed by atoms with Gasteiger partial charge in [-0.05, 0) is 12.8 Å². The van der Waals surface area contributed by atoms with Crippen molar-refractivity contribution < 1.29 is 35.1 Å². The Balaban J connectivity index is 4.54. The number of aliphatic hydroxyl groups excluding tert-OH is 5. The highest BCUT2D eigenvalue weighted by molar-refractivity contribution is 5.78. The molecule has 20 heavy (non-hydrogen) atoms. The number of carbonyl (C=O) groups is 2. The van der Waals surface area contributed by atoms with Gasteiger partial charge in [0, 0.05) is 12.3 Å². The van der Waals surface area contributed by atoms with E-state index >= 15 is 0 Å². The van der Waals surface area contributed by atoms with Crippen LogP contribution in [0.4, 0.5) is 0 Å². The van der Waals surface area contributed by atoms with E-state index in [-0.39, 0.29) is 19.3 Å². The van der Waals surface area contributed by atoms with Gasteiger partial charge in [-0.1, -0.05) is 0 Å². The Morgan fingerprint density at radius 2 is 1.45 bits per heavy atom. The van der Waals surface area contributed by atoms with E-state index in [0.29, 0.717) is 0 Å². The van der Waals surface area contributed by atoms with Gasteiger partial charge in [0.25, 0.3) is 0 Å². The van der Waals surface area contributed by atoms with Crippen LogP contribution in [-0.4, -0.2) is 68.4 Å². The molecule has 9 heteroatoms. The average molecular weight is 294 g/mol. The van der Waals surface area contributed by atoms with Crippen molar-refractivity contribution in [2.24, 2.45) is 17.4 Å². The van der Waals surface area contributed by atoms with E-state index in [1.54, 1.807) is 0 Å². The minimum absolute atomic E-state index is 0.00704. The fourth-order valence-electron chi connectivity index (χ4n) is 1.69. The van der Waals surface area contributed by atoms with Crippen LogP contribution >= 0.6 is 0 Å². The predicted molar refractivity (Wildman–Crippen MR) is 66.8 cm³/mol. The van der Waals surface area contributed by atoms with Crippen LogP contribution in [0.25, 0.3) is 0 Å². The van der Waals surface area contributed by atoms with Gasteiger partial charge in [-0.3, -0.25) is 9.59 Å². The SMILES string of the molecule is NC(=O)CCC(C[C@H](O)[C@@H](O)[C@H](O)[C@H](O)CO)C(N)=O. The first-order valence-electron chi connectivity index (χ1n) is 6.11. The molecule has 0 radical (unpaired) electrons. The number of amides is 2. The van der Waals surface area contributed by atoms with Crippen molar-refractivity contribution >= 4 is 11.8 Å². The second-order valence-electron chi connectivity index (χ2n) is 4.64. The predicted octanol–water partition coefficient (Wildman–Crippen LogP) is -3.82. The number of primary amides is 2. The number of aliphatic hydroxyl groups is 5. The van der Waals surface area contributed by atoms with Gasteiger partial charge >= 0.3 is 0 Å². The van der Waals surface area contributed by atoms with Crippen molar-refractivity contribution in [3.05, 3.63) is 0 Å². The smallest absolute Gasteiger partial charge is 0.220 e. The fraction of sp³-hybridized carbons (Fsp3) is 0.818. The molecule has 2 amide bonds. The van der Waals surface area contributed by atoms with Crippen LogP contribution in [0.2, 0.25) is 0 Å². The molecule has 0 aromatic carbocycles. The summed E-state index contributed by atoms with van der Waals surface area (Å²) >= 11 is 0. The summed E-state index contributed by atoms with van der Waals surface area (Å²) in [6.07, 6.45) is -7.15. The number of nitrogens with two attached hydrogens (primary N) is 2. The Morgan fingerprint density at radius 3 is 1.85 bits per heavy atom. The van der Waals surface area contributed by atoms with Gasteiger partial charge in [0.1, 0.15) is 18.3 Å². The van der Waals surface area contributed by atoms with Crippen molar-refractivity contribution in [2.75, 3.05) is 6.61 Å². The van der Waals surface area contributed by atoms with Crippen molar-refractivity contribution in [1.82, 2.24) is 0 Å². The molecule has 118 valence electrons. The maximum atomic E-state index is 11.2. The van der Waals surface area contributed by atoms with Crippen LogP contribution in [-0.2, 0) is 9.59 Å². The molecule has 0 saturated carbocycles. The van der Waals surface area contributed by atoms with Crippen LogP contribution < -0.4 is 11.5 Å². The molecule has 0 aromatic heterocycles. The van der Waals surface area contributed by atoms with E-state index in [0.717, 1.165) is 0 Å². The topological polar surface area (TPSA) is 187 Å². The number of rotatable bonds is 10. The quantitative estimate of drug-likeness (QED) is 0.215. The number of carbonyl (C=O) groups excluding carboxylic acids is 2. The fourth-order valence-corrected chi connectivity index (χ4v) is 1.69. The standard InChI is InChI=1S/C11H22N2O7/c12-8(17)2-1-5(11(13)20)3-6(15)9(18)10(19)7(16)4-14/h5-7,9-10,14-16,18-19H,1-4H2,(H2,12,17)(H2,13,20)/t5?,6-,7+,9+,10+/m0/s1. The Kier molecular flexibility index (Phi) is 8.26. The molecule has 0 aromatic rings. The Hall–Kier alpha value is -1.26. The lowest BCUT2D eigenvalue weighted by Gasteiger charge is -2.27. The zero-order chi connectivity index (χ0) is 15.9. The first kappa shape index (κ1) is 18.7. The lowest BCUT2D eigenvalue weighted by Crippen LogP contribution is -2.47. The first-order chi connectivity index (χ1) is 9.20. The van der Waals surface area contributed by atoms with E-state index in [1.165, 1.54) is 0 Å². The largest absolute Gasteiger partial charge is 0.394 e. The Morgan fingerprint density at radius 1 is 0.950 bits per heavy atom. The van der Waals surface area contributed by atoms with Gasteiger partial charge in [-0.15, -0.1) is 0 Å². The van der Waals surface area contributed by atoms with Crippen LogP contribution in [0.1, 0.15) is 19.3 Å². The Bertz CT molecular complexity index is 326. The second kappa shape index (κ2) is 8.82. The van der Waals surface area contributed by atoms with Gasteiger partial charge in [-0.25, -0.2) is 0 Å². The van der Waals surface area contributed by atoms with Gasteiger partial charge in [0.05, 0.1) is 12.7 Å². The monoisotopic (exact) mass is 294 g/mol. The van der Waals surface area contributed by atoms with Crippen LogP contribution in [0.15, 0.2) is 0 Å². The third kappa shape index (κ3) is 6.26. The van der Waals surface area contributed by atoms with Crippen LogP contribution in [0.5, 0.6) is 0 Å². The molecular weight excluding hydrogens is 272 g/mol. The summed E-state index contributed by atoms with van der Waals surface area (Å²) in [6.45, 7) is -0.800. The molecule has 0 heterocycles. The van der Waals surface area contributed by atoms with Gasteiger partial charge in [0.15, 0.2) is 0 Å². The van der Waals surface area contributed by atoms with Crippen molar-refractivity contribution in [1.29, 1.82) is 0 Å². The third-order valence-electron chi connectivity index (χ3n) is 2.99. The second-order valence-corrected chi connectivity index (χ2v) is 4.64. The lowest BCUT2D eigenvalue weighted by molar-refractivity contribution is -0.131. The van der Waals surface area contributed by atoms with E-state index in [4.69, 9.17) is 21.7 Å². The highest BCUT2D eigenvalue weighted by atomic mass is 16.4. The molecule has 9 nitrogen and oxygen atoms in total. The van der Waals surface area contributed by atoms with Crippen molar-refractivity contribution in [3.63, 3.8) is 0 Å². The number of hydrogen-bond donors (Lipinski definition) is 7. The highest BCUT2D eigenvalue weighted by Gasteiger charge is 2.32. The summed E-state index contributed by atoms with van der Waals surface area (Å²) in [6, 6.07) is 0. The zero-order valence-corrected chi connectivity index (χ0v) is 10.9. The van der Waals surface area contributed by atoms with Crippen LogP contribution in [0, 0.1) is 5.92 Å². The van der Waals surface area contributed by atoms with Gasteiger partial charge < -0.3 is 37.0 Å².